The van der Waals surface area contributed by atoms with Gasteiger partial charge in [0.15, 0.2) is 0 Å². The largest absolute Gasteiger partial charge is 0.399 e. The molecule has 20 heavy (non-hydrogen) atoms. The molecule has 4 nitrogen and oxygen atoms in total. The summed E-state index contributed by atoms with van der Waals surface area (Å²) in [6.07, 6.45) is 2.05. The van der Waals surface area contributed by atoms with Gasteiger partial charge in [-0.3, -0.25) is 4.68 Å². The van der Waals surface area contributed by atoms with E-state index in [1.54, 1.807) is 0 Å². The number of anilines is 2. The van der Waals surface area contributed by atoms with Crippen molar-refractivity contribution in [2.75, 3.05) is 22.9 Å². The number of nitrogens with two attached hydrogens (primary N) is 1. The summed E-state index contributed by atoms with van der Waals surface area (Å²) < 4.78 is 2.01. The fraction of sp³-hybridized carbons (Fsp3) is 0.400. The van der Waals surface area contributed by atoms with Gasteiger partial charge in [-0.25, -0.2) is 0 Å². The fourth-order valence-electron chi connectivity index (χ4n) is 2.40. The number of thioether (sulfide) groups is 1. The molecule has 1 aromatic carbocycles. The highest BCUT2D eigenvalue weighted by atomic mass is 32.2. The summed E-state index contributed by atoms with van der Waals surface area (Å²) >= 11 is 1.90. The monoisotopic (exact) mass is 288 g/mol. The number of rotatable bonds is 3. The lowest BCUT2D eigenvalue weighted by atomic mass is 10.2. The van der Waals surface area contributed by atoms with Crippen molar-refractivity contribution in [1.82, 2.24) is 9.78 Å². The summed E-state index contributed by atoms with van der Waals surface area (Å²) in [7, 11) is 0. The van der Waals surface area contributed by atoms with Crippen LogP contribution in [-0.4, -0.2) is 22.1 Å². The molecule has 0 atom stereocenters. The maximum Gasteiger partial charge on any atom is 0.0817 e. The van der Waals surface area contributed by atoms with Crippen LogP contribution in [0.3, 0.4) is 0 Å². The van der Waals surface area contributed by atoms with E-state index in [0.717, 1.165) is 30.2 Å². The topological polar surface area (TPSA) is 47.1 Å². The second-order valence-corrected chi connectivity index (χ2v) is 6.51. The zero-order valence-corrected chi connectivity index (χ0v) is 12.7. The Kier molecular flexibility index (Phi) is 3.61. The molecule has 0 saturated carbocycles. The van der Waals surface area contributed by atoms with Gasteiger partial charge in [-0.05, 0) is 38.1 Å². The quantitative estimate of drug-likeness (QED) is 0.881. The zero-order valence-electron chi connectivity index (χ0n) is 11.9. The highest BCUT2D eigenvalue weighted by molar-refractivity contribution is 7.99. The minimum absolute atomic E-state index is 0.406. The van der Waals surface area contributed by atoms with Crippen LogP contribution in [0.25, 0.3) is 0 Å². The summed E-state index contributed by atoms with van der Waals surface area (Å²) in [4.78, 5) is 3.68. The Morgan fingerprint density at radius 1 is 1.35 bits per heavy atom. The molecule has 0 unspecified atom stereocenters. The van der Waals surface area contributed by atoms with E-state index in [-0.39, 0.29) is 0 Å². The summed E-state index contributed by atoms with van der Waals surface area (Å²) in [6, 6.07) is 8.68. The first-order chi connectivity index (χ1) is 9.63. The van der Waals surface area contributed by atoms with Crippen molar-refractivity contribution >= 4 is 23.1 Å². The third kappa shape index (κ3) is 2.63. The Labute approximate surface area is 124 Å². The summed E-state index contributed by atoms with van der Waals surface area (Å²) in [6.45, 7) is 6.17. The molecule has 3 rings (SSSR count). The molecular formula is C15H20N4S. The first-order valence-electron chi connectivity index (χ1n) is 6.95. The van der Waals surface area contributed by atoms with Gasteiger partial charge < -0.3 is 10.6 Å². The Morgan fingerprint density at radius 2 is 2.20 bits per heavy atom. The molecule has 0 amide bonds. The maximum atomic E-state index is 5.93. The number of aromatic nitrogens is 2. The lowest BCUT2D eigenvalue weighted by Crippen LogP contribution is -2.29. The van der Waals surface area contributed by atoms with Crippen LogP contribution >= 0.6 is 11.8 Å². The first-order valence-corrected chi connectivity index (χ1v) is 7.93. The Balaban J connectivity index is 1.83. The van der Waals surface area contributed by atoms with E-state index in [1.165, 1.54) is 10.6 Å². The zero-order chi connectivity index (χ0) is 14.1. The lowest BCUT2D eigenvalue weighted by Gasteiger charge is -2.30. The van der Waals surface area contributed by atoms with Crippen LogP contribution in [-0.2, 0) is 6.54 Å². The van der Waals surface area contributed by atoms with E-state index in [1.807, 2.05) is 22.5 Å². The number of hydrogen-bond donors (Lipinski definition) is 1. The van der Waals surface area contributed by atoms with Crippen LogP contribution in [0, 0.1) is 0 Å². The van der Waals surface area contributed by atoms with Gasteiger partial charge in [-0.1, -0.05) is 0 Å². The van der Waals surface area contributed by atoms with Gasteiger partial charge >= 0.3 is 0 Å². The van der Waals surface area contributed by atoms with Gasteiger partial charge in [0.05, 0.1) is 17.9 Å². The summed E-state index contributed by atoms with van der Waals surface area (Å²) in [5.74, 6) is 1.11. The Hall–Kier alpha value is -1.62. The number of nitrogens with zero attached hydrogens (tertiary/aromatic N) is 3. The van der Waals surface area contributed by atoms with Crippen molar-refractivity contribution in [2.24, 2.45) is 0 Å². The predicted octanol–water partition coefficient (Wildman–Crippen LogP) is 3.16. The standard InChI is InChI=1S/C15H20N4S/c1-11(2)19-6-5-13(17-19)10-18-7-8-20-15-4-3-12(16)9-14(15)18/h3-6,9,11H,7-8,10,16H2,1-2H3. The molecule has 5 heteroatoms. The molecule has 2 heterocycles. The number of benzene rings is 1. The summed E-state index contributed by atoms with van der Waals surface area (Å²) in [5.41, 5.74) is 9.10. The average Bonchev–Trinajstić information content (AvgIpc) is 2.88. The first kappa shape index (κ1) is 13.4. The van der Waals surface area contributed by atoms with Crippen molar-refractivity contribution in [1.29, 1.82) is 0 Å². The molecule has 106 valence electrons. The molecule has 2 aromatic rings. The molecule has 0 spiro atoms. The molecule has 0 aliphatic carbocycles. The van der Waals surface area contributed by atoms with Crippen LogP contribution in [0.15, 0.2) is 35.4 Å². The number of fused-ring (bicyclic) bond motifs is 1. The minimum Gasteiger partial charge on any atom is -0.399 e. The average molecular weight is 288 g/mol. The fourth-order valence-corrected chi connectivity index (χ4v) is 3.43. The van der Waals surface area contributed by atoms with Gasteiger partial charge in [0.1, 0.15) is 0 Å². The van der Waals surface area contributed by atoms with Crippen LogP contribution in [0.4, 0.5) is 11.4 Å². The van der Waals surface area contributed by atoms with E-state index in [2.05, 4.69) is 48.2 Å². The van der Waals surface area contributed by atoms with Crippen molar-refractivity contribution in [2.45, 2.75) is 31.3 Å². The maximum absolute atomic E-state index is 5.93. The van der Waals surface area contributed by atoms with Gasteiger partial charge in [0.2, 0.25) is 0 Å². The van der Waals surface area contributed by atoms with E-state index < -0.39 is 0 Å². The SMILES string of the molecule is CC(C)n1ccc(CN2CCSc3ccc(N)cc32)n1. The molecule has 0 saturated heterocycles. The molecule has 1 aliphatic heterocycles. The normalized spacial score (nSPS) is 14.7. The van der Waals surface area contributed by atoms with Gasteiger partial charge in [0.25, 0.3) is 0 Å². The highest BCUT2D eigenvalue weighted by Crippen LogP contribution is 2.36. The minimum atomic E-state index is 0.406. The molecule has 0 radical (unpaired) electrons. The Bertz CT molecular complexity index is 606. The highest BCUT2D eigenvalue weighted by Gasteiger charge is 2.18. The third-order valence-electron chi connectivity index (χ3n) is 3.49. The molecule has 1 aromatic heterocycles. The van der Waals surface area contributed by atoms with Gasteiger partial charge in [-0.15, -0.1) is 11.8 Å². The van der Waals surface area contributed by atoms with Crippen LogP contribution in [0.5, 0.6) is 0 Å². The van der Waals surface area contributed by atoms with Gasteiger partial charge in [-0.2, -0.15) is 5.10 Å². The van der Waals surface area contributed by atoms with Crippen molar-refractivity contribution in [3.05, 3.63) is 36.2 Å². The van der Waals surface area contributed by atoms with Crippen LogP contribution in [0.2, 0.25) is 0 Å². The van der Waals surface area contributed by atoms with E-state index >= 15 is 0 Å². The van der Waals surface area contributed by atoms with E-state index in [4.69, 9.17) is 5.73 Å². The second kappa shape index (κ2) is 5.40. The number of nitrogen functional groups attached to an aromatic ring is 1. The van der Waals surface area contributed by atoms with Crippen molar-refractivity contribution in [3.8, 4) is 0 Å². The molecular weight excluding hydrogens is 268 g/mol. The lowest BCUT2D eigenvalue weighted by molar-refractivity contribution is 0.525. The van der Waals surface area contributed by atoms with Crippen LogP contribution < -0.4 is 10.6 Å². The van der Waals surface area contributed by atoms with E-state index in [9.17, 15) is 0 Å². The second-order valence-electron chi connectivity index (χ2n) is 5.38. The predicted molar refractivity (Wildman–Crippen MR) is 85.2 cm³/mol. The summed E-state index contributed by atoms with van der Waals surface area (Å²) in [5, 5.41) is 4.64. The van der Waals surface area contributed by atoms with Crippen molar-refractivity contribution < 1.29 is 0 Å². The molecule has 0 bridgehead atoms. The number of hydrogen-bond acceptors (Lipinski definition) is 4. The van der Waals surface area contributed by atoms with Crippen molar-refractivity contribution in [3.63, 3.8) is 0 Å². The molecule has 2 N–H and O–H groups in total. The van der Waals surface area contributed by atoms with Crippen LogP contribution in [0.1, 0.15) is 25.6 Å². The smallest absolute Gasteiger partial charge is 0.0817 e. The third-order valence-corrected chi connectivity index (χ3v) is 4.53. The van der Waals surface area contributed by atoms with E-state index in [0.29, 0.717) is 6.04 Å². The Morgan fingerprint density at radius 3 is 2.95 bits per heavy atom. The van der Waals surface area contributed by atoms with Gasteiger partial charge in [0, 0.05) is 35.1 Å². The molecule has 0 fully saturated rings. The molecule has 1 aliphatic rings.